The minimum atomic E-state index is 0.908. The van der Waals surface area contributed by atoms with Gasteiger partial charge in [0.2, 0.25) is 0 Å². The van der Waals surface area contributed by atoms with Crippen LogP contribution in [0.1, 0.15) is 0 Å². The first-order valence-electron chi connectivity index (χ1n) is 16.8. The topological polar surface area (TPSA) is 23.0 Å². The quantitative estimate of drug-likeness (QED) is 0.192. The van der Waals surface area contributed by atoms with Crippen molar-refractivity contribution in [2.24, 2.45) is 0 Å². The molecule has 0 bridgehead atoms. The summed E-state index contributed by atoms with van der Waals surface area (Å²) in [6, 6.07) is 61.2. The maximum atomic E-state index is 6.71. The van der Waals surface area contributed by atoms with Gasteiger partial charge in [0.25, 0.3) is 0 Å². The molecule has 3 heteroatoms. The summed E-state index contributed by atoms with van der Waals surface area (Å²) >= 11 is 0. The molecule has 0 unspecified atom stereocenters. The minimum Gasteiger partial charge on any atom is -0.455 e. The summed E-state index contributed by atoms with van der Waals surface area (Å²) in [5, 5.41) is 9.51. The van der Waals surface area contributed by atoms with Gasteiger partial charge in [-0.3, -0.25) is 0 Å². The maximum Gasteiger partial charge on any atom is 0.145 e. The van der Waals surface area contributed by atoms with Crippen LogP contribution >= 0.6 is 0 Å². The highest BCUT2D eigenvalue weighted by Crippen LogP contribution is 2.45. The van der Waals surface area contributed by atoms with Crippen LogP contribution in [0.2, 0.25) is 0 Å². The molecule has 0 saturated heterocycles. The van der Waals surface area contributed by atoms with Crippen LogP contribution in [-0.2, 0) is 0 Å². The maximum absolute atomic E-state index is 6.71. The third-order valence-electron chi connectivity index (χ3n) is 10.3. The summed E-state index contributed by atoms with van der Waals surface area (Å²) in [5.41, 5.74) is 11.2. The van der Waals surface area contributed by atoms with E-state index in [4.69, 9.17) is 4.42 Å². The van der Waals surface area contributed by atoms with E-state index in [0.29, 0.717) is 0 Å². The standard InChI is InChI=1S/C46H28N2O/c1-2-11-29(12-3-1)32-15-10-16-33(27-32)48-41-25-23-36-35-17-7-9-20-42(35)49-46(36)44(41)38-24-26-40-43(45(38)48)37-18-6-8-19-39(37)47(40)34-22-21-30-13-4-5-14-31(30)28-34/h1-28H. The van der Waals surface area contributed by atoms with Crippen LogP contribution in [0.25, 0.3) is 98.8 Å². The Hall–Kier alpha value is -6.58. The van der Waals surface area contributed by atoms with Gasteiger partial charge < -0.3 is 13.6 Å². The molecular weight excluding hydrogens is 597 g/mol. The molecule has 0 aliphatic carbocycles. The van der Waals surface area contributed by atoms with Gasteiger partial charge in [0.1, 0.15) is 11.2 Å². The number of para-hydroxylation sites is 2. The van der Waals surface area contributed by atoms with Crippen molar-refractivity contribution in [1.29, 1.82) is 0 Å². The molecular formula is C46H28N2O. The van der Waals surface area contributed by atoms with Crippen molar-refractivity contribution >= 4 is 76.3 Å². The van der Waals surface area contributed by atoms with Gasteiger partial charge in [-0.05, 0) is 82.6 Å². The zero-order valence-corrected chi connectivity index (χ0v) is 26.5. The number of hydrogen-bond acceptors (Lipinski definition) is 1. The molecule has 0 aliphatic rings. The van der Waals surface area contributed by atoms with E-state index in [2.05, 4.69) is 173 Å². The van der Waals surface area contributed by atoms with Crippen molar-refractivity contribution in [1.82, 2.24) is 9.13 Å². The molecule has 0 radical (unpaired) electrons. The van der Waals surface area contributed by atoms with Crippen LogP contribution in [0.5, 0.6) is 0 Å². The van der Waals surface area contributed by atoms with Crippen LogP contribution in [0.3, 0.4) is 0 Å². The van der Waals surface area contributed by atoms with E-state index in [0.717, 1.165) is 44.2 Å². The molecule has 0 fully saturated rings. The molecule has 3 heterocycles. The lowest BCUT2D eigenvalue weighted by atomic mass is 10.0. The molecule has 8 aromatic carbocycles. The molecule has 3 aromatic heterocycles. The van der Waals surface area contributed by atoms with Crippen LogP contribution in [0.4, 0.5) is 0 Å². The van der Waals surface area contributed by atoms with Crippen LogP contribution < -0.4 is 0 Å². The van der Waals surface area contributed by atoms with Crippen LogP contribution in [0, 0.1) is 0 Å². The number of hydrogen-bond donors (Lipinski definition) is 0. The number of rotatable bonds is 3. The Morgan fingerprint density at radius 1 is 0.367 bits per heavy atom. The number of nitrogens with zero attached hydrogens (tertiary/aromatic N) is 2. The molecule has 11 rings (SSSR count). The summed E-state index contributed by atoms with van der Waals surface area (Å²) < 4.78 is 11.6. The molecule has 0 spiro atoms. The van der Waals surface area contributed by atoms with E-state index < -0.39 is 0 Å². The van der Waals surface area contributed by atoms with Crippen molar-refractivity contribution in [3.05, 3.63) is 170 Å². The summed E-state index contributed by atoms with van der Waals surface area (Å²) in [6.07, 6.45) is 0. The zero-order valence-electron chi connectivity index (χ0n) is 26.5. The average molecular weight is 625 g/mol. The first kappa shape index (κ1) is 26.5. The lowest BCUT2D eigenvalue weighted by molar-refractivity contribution is 0.673. The highest BCUT2D eigenvalue weighted by molar-refractivity contribution is 6.31. The van der Waals surface area contributed by atoms with Crippen molar-refractivity contribution < 1.29 is 4.42 Å². The second-order valence-electron chi connectivity index (χ2n) is 12.9. The Morgan fingerprint density at radius 2 is 1.06 bits per heavy atom. The van der Waals surface area contributed by atoms with Crippen LogP contribution in [-0.4, -0.2) is 9.13 Å². The van der Waals surface area contributed by atoms with Gasteiger partial charge in [-0.1, -0.05) is 109 Å². The third kappa shape index (κ3) is 3.73. The average Bonchev–Trinajstić information content (AvgIpc) is 3.82. The number of furan rings is 1. The molecule has 0 N–H and O–H groups in total. The first-order valence-corrected chi connectivity index (χ1v) is 16.8. The Morgan fingerprint density at radius 3 is 1.96 bits per heavy atom. The predicted octanol–water partition coefficient (Wildman–Crippen LogP) is 12.6. The van der Waals surface area contributed by atoms with E-state index in [1.807, 2.05) is 6.07 Å². The van der Waals surface area contributed by atoms with Gasteiger partial charge in [-0.25, -0.2) is 0 Å². The molecule has 0 amide bonds. The summed E-state index contributed by atoms with van der Waals surface area (Å²) in [4.78, 5) is 0. The molecule has 0 saturated carbocycles. The monoisotopic (exact) mass is 624 g/mol. The van der Waals surface area contributed by atoms with Crippen molar-refractivity contribution in [2.45, 2.75) is 0 Å². The van der Waals surface area contributed by atoms with E-state index in [1.165, 1.54) is 54.6 Å². The van der Waals surface area contributed by atoms with Crippen molar-refractivity contribution in [3.63, 3.8) is 0 Å². The minimum absolute atomic E-state index is 0.908. The zero-order chi connectivity index (χ0) is 32.1. The predicted molar refractivity (Wildman–Crippen MR) is 205 cm³/mol. The third-order valence-corrected chi connectivity index (χ3v) is 10.3. The highest BCUT2D eigenvalue weighted by atomic mass is 16.3. The molecule has 0 aliphatic heterocycles. The largest absolute Gasteiger partial charge is 0.455 e. The van der Waals surface area contributed by atoms with E-state index >= 15 is 0 Å². The second kappa shape index (κ2) is 9.96. The molecule has 228 valence electrons. The lowest BCUT2D eigenvalue weighted by Gasteiger charge is -2.12. The van der Waals surface area contributed by atoms with Gasteiger partial charge in [-0.2, -0.15) is 0 Å². The fourth-order valence-electron chi connectivity index (χ4n) is 8.14. The fourth-order valence-corrected chi connectivity index (χ4v) is 8.14. The molecule has 49 heavy (non-hydrogen) atoms. The Kier molecular flexibility index (Phi) is 5.38. The number of benzene rings is 8. The van der Waals surface area contributed by atoms with Gasteiger partial charge in [0.05, 0.1) is 27.5 Å². The summed E-state index contributed by atoms with van der Waals surface area (Å²) in [7, 11) is 0. The Bertz CT molecular complexity index is 3100. The normalized spacial score (nSPS) is 12.1. The van der Waals surface area contributed by atoms with Gasteiger partial charge in [0, 0.05) is 38.3 Å². The van der Waals surface area contributed by atoms with Gasteiger partial charge in [0.15, 0.2) is 0 Å². The SMILES string of the molecule is c1ccc(-c2cccc(-n3c4ccc5c6ccccc6oc5c4c4ccc5c(c6ccccc6n5-c5ccc6ccccc6c5)c43)c2)cc1. The molecule has 3 nitrogen and oxygen atoms in total. The van der Waals surface area contributed by atoms with Crippen molar-refractivity contribution in [2.75, 3.05) is 0 Å². The smallest absolute Gasteiger partial charge is 0.145 e. The number of aromatic nitrogens is 2. The fraction of sp³-hybridized carbons (Fsp3) is 0. The van der Waals surface area contributed by atoms with Crippen molar-refractivity contribution in [3.8, 4) is 22.5 Å². The molecule has 11 aromatic rings. The Balaban J connectivity index is 1.33. The van der Waals surface area contributed by atoms with Crippen LogP contribution in [0.15, 0.2) is 174 Å². The summed E-state index contributed by atoms with van der Waals surface area (Å²) in [6.45, 7) is 0. The Labute approximate surface area is 281 Å². The first-order chi connectivity index (χ1) is 24.3. The second-order valence-corrected chi connectivity index (χ2v) is 12.9. The van der Waals surface area contributed by atoms with E-state index in [9.17, 15) is 0 Å². The lowest BCUT2D eigenvalue weighted by Crippen LogP contribution is -1.96. The van der Waals surface area contributed by atoms with E-state index in [-0.39, 0.29) is 0 Å². The molecule has 0 atom stereocenters. The van der Waals surface area contributed by atoms with E-state index in [1.54, 1.807) is 0 Å². The number of fused-ring (bicyclic) bond motifs is 12. The van der Waals surface area contributed by atoms with Gasteiger partial charge >= 0.3 is 0 Å². The van der Waals surface area contributed by atoms with Gasteiger partial charge in [-0.15, -0.1) is 0 Å². The summed E-state index contributed by atoms with van der Waals surface area (Å²) in [5.74, 6) is 0. The highest BCUT2D eigenvalue weighted by Gasteiger charge is 2.24.